The number of fused-ring (bicyclic) bond motifs is 1. The zero-order valence-electron chi connectivity index (χ0n) is 10.3. The molecule has 17 heavy (non-hydrogen) atoms. The molecule has 1 aromatic heterocycles. The summed E-state index contributed by atoms with van der Waals surface area (Å²) in [5.74, 6) is 0. The molecule has 0 bridgehead atoms. The normalized spacial score (nSPS) is 30.2. The Labute approximate surface area is 107 Å². The summed E-state index contributed by atoms with van der Waals surface area (Å²) >= 11 is 1.91. The highest BCUT2D eigenvalue weighted by Gasteiger charge is 2.27. The molecule has 0 spiro atoms. The van der Waals surface area contributed by atoms with E-state index in [0.717, 1.165) is 26.2 Å². The number of hydrogen-bond donors (Lipinski definition) is 1. The molecule has 1 saturated heterocycles. The number of hydrogen-bond acceptors (Lipinski definition) is 4. The van der Waals surface area contributed by atoms with Gasteiger partial charge in [0.15, 0.2) is 0 Å². The van der Waals surface area contributed by atoms with Crippen LogP contribution in [0.25, 0.3) is 0 Å². The van der Waals surface area contributed by atoms with E-state index in [0.29, 0.717) is 12.1 Å². The second kappa shape index (κ2) is 5.06. The Morgan fingerprint density at radius 2 is 2.53 bits per heavy atom. The second-order valence-corrected chi connectivity index (χ2v) is 5.92. The molecule has 0 amide bonds. The molecule has 0 saturated carbocycles. The van der Waals surface area contributed by atoms with Gasteiger partial charge in [0.1, 0.15) is 0 Å². The average molecular weight is 252 g/mol. The molecule has 2 aliphatic heterocycles. The van der Waals surface area contributed by atoms with Crippen molar-refractivity contribution in [1.82, 2.24) is 10.2 Å². The van der Waals surface area contributed by atoms with Gasteiger partial charge in [0, 0.05) is 37.1 Å². The summed E-state index contributed by atoms with van der Waals surface area (Å²) in [4.78, 5) is 4.14. The first-order chi connectivity index (χ1) is 8.34. The van der Waals surface area contributed by atoms with Gasteiger partial charge in [0.25, 0.3) is 0 Å². The standard InChI is InChI=1S/C13H20N2OS/c1-10-12-3-7-17-13(12)2-5-15(10)9-11-8-14-4-6-16-11/h3,7,10-11,14H,2,4-6,8-9H2,1H3. The Kier molecular flexibility index (Phi) is 3.47. The lowest BCUT2D eigenvalue weighted by Gasteiger charge is -2.37. The van der Waals surface area contributed by atoms with Crippen molar-refractivity contribution in [3.8, 4) is 0 Å². The predicted octanol–water partition coefficient (Wildman–Crippen LogP) is 1.66. The van der Waals surface area contributed by atoms with Crippen LogP contribution in [0.2, 0.25) is 0 Å². The summed E-state index contributed by atoms with van der Waals surface area (Å²) in [7, 11) is 0. The van der Waals surface area contributed by atoms with Gasteiger partial charge in [0.05, 0.1) is 12.7 Å². The lowest BCUT2D eigenvalue weighted by Crippen LogP contribution is -2.47. The molecule has 2 atom stereocenters. The van der Waals surface area contributed by atoms with Crippen molar-refractivity contribution in [3.05, 3.63) is 21.9 Å². The van der Waals surface area contributed by atoms with E-state index in [1.54, 1.807) is 4.88 Å². The third-order valence-electron chi connectivity index (χ3n) is 3.85. The molecular weight excluding hydrogens is 232 g/mol. The molecule has 0 radical (unpaired) electrons. The number of morpholine rings is 1. The van der Waals surface area contributed by atoms with Crippen LogP contribution in [0.15, 0.2) is 11.4 Å². The molecule has 2 aliphatic rings. The Balaban J connectivity index is 1.65. The minimum atomic E-state index is 0.367. The van der Waals surface area contributed by atoms with Crippen molar-refractivity contribution < 1.29 is 4.74 Å². The molecule has 3 rings (SSSR count). The molecular formula is C13H20N2OS. The highest BCUT2D eigenvalue weighted by molar-refractivity contribution is 7.10. The zero-order valence-corrected chi connectivity index (χ0v) is 11.1. The second-order valence-electron chi connectivity index (χ2n) is 4.92. The van der Waals surface area contributed by atoms with Crippen molar-refractivity contribution in [2.45, 2.75) is 25.5 Å². The molecule has 1 aromatic rings. The fraction of sp³-hybridized carbons (Fsp3) is 0.692. The number of rotatable bonds is 2. The van der Waals surface area contributed by atoms with Gasteiger partial charge in [-0.15, -0.1) is 11.3 Å². The molecule has 3 nitrogen and oxygen atoms in total. The maximum absolute atomic E-state index is 5.80. The lowest BCUT2D eigenvalue weighted by atomic mass is 10.0. The third-order valence-corrected chi connectivity index (χ3v) is 4.84. The Bertz CT molecular complexity index is 373. The third kappa shape index (κ3) is 2.40. The molecule has 94 valence electrons. The van der Waals surface area contributed by atoms with Gasteiger partial charge < -0.3 is 10.1 Å². The maximum atomic E-state index is 5.80. The van der Waals surface area contributed by atoms with Gasteiger partial charge in [0.2, 0.25) is 0 Å². The first-order valence-electron chi connectivity index (χ1n) is 6.47. The summed E-state index contributed by atoms with van der Waals surface area (Å²) in [5, 5.41) is 5.63. The minimum Gasteiger partial charge on any atom is -0.374 e. The Morgan fingerprint density at radius 1 is 1.59 bits per heavy atom. The van der Waals surface area contributed by atoms with E-state index in [1.165, 1.54) is 18.5 Å². The van der Waals surface area contributed by atoms with Crippen LogP contribution in [0.1, 0.15) is 23.4 Å². The summed E-state index contributed by atoms with van der Waals surface area (Å²) in [6.45, 7) is 7.41. The predicted molar refractivity (Wildman–Crippen MR) is 70.6 cm³/mol. The first-order valence-corrected chi connectivity index (χ1v) is 7.35. The first kappa shape index (κ1) is 11.7. The van der Waals surface area contributed by atoms with E-state index in [1.807, 2.05) is 11.3 Å². The number of nitrogens with one attached hydrogen (secondary N) is 1. The van der Waals surface area contributed by atoms with Crippen molar-refractivity contribution in [3.63, 3.8) is 0 Å². The zero-order chi connectivity index (χ0) is 11.7. The van der Waals surface area contributed by atoms with E-state index >= 15 is 0 Å². The summed E-state index contributed by atoms with van der Waals surface area (Å²) in [6, 6.07) is 2.84. The van der Waals surface area contributed by atoms with Gasteiger partial charge in [-0.3, -0.25) is 4.90 Å². The minimum absolute atomic E-state index is 0.367. The molecule has 3 heterocycles. The van der Waals surface area contributed by atoms with Crippen molar-refractivity contribution >= 4 is 11.3 Å². The van der Waals surface area contributed by atoms with E-state index in [4.69, 9.17) is 4.74 Å². The SMILES string of the molecule is CC1c2ccsc2CCN1CC1CNCCO1. The van der Waals surface area contributed by atoms with Crippen LogP contribution in [-0.4, -0.2) is 43.8 Å². The average Bonchev–Trinajstić information content (AvgIpc) is 2.83. The molecule has 1 fully saturated rings. The van der Waals surface area contributed by atoms with Gasteiger partial charge >= 0.3 is 0 Å². The van der Waals surface area contributed by atoms with Gasteiger partial charge in [-0.25, -0.2) is 0 Å². The van der Waals surface area contributed by atoms with E-state index in [2.05, 4.69) is 28.6 Å². The fourth-order valence-corrected chi connectivity index (χ4v) is 3.77. The number of nitrogens with zero attached hydrogens (tertiary/aromatic N) is 1. The molecule has 0 aromatic carbocycles. The number of ether oxygens (including phenoxy) is 1. The largest absolute Gasteiger partial charge is 0.374 e. The van der Waals surface area contributed by atoms with Crippen molar-refractivity contribution in [2.75, 3.05) is 32.8 Å². The van der Waals surface area contributed by atoms with Gasteiger partial charge in [-0.05, 0) is 30.4 Å². The highest BCUT2D eigenvalue weighted by Crippen LogP contribution is 2.32. The monoisotopic (exact) mass is 252 g/mol. The Hall–Kier alpha value is -0.420. The molecule has 1 N–H and O–H groups in total. The summed E-state index contributed by atoms with van der Waals surface area (Å²) < 4.78 is 5.80. The van der Waals surface area contributed by atoms with Crippen LogP contribution in [0, 0.1) is 0 Å². The highest BCUT2D eigenvalue weighted by atomic mass is 32.1. The maximum Gasteiger partial charge on any atom is 0.0826 e. The summed E-state index contributed by atoms with van der Waals surface area (Å²) in [6.07, 6.45) is 1.57. The van der Waals surface area contributed by atoms with E-state index < -0.39 is 0 Å². The fourth-order valence-electron chi connectivity index (χ4n) is 2.81. The topological polar surface area (TPSA) is 24.5 Å². The van der Waals surface area contributed by atoms with Crippen molar-refractivity contribution in [2.24, 2.45) is 0 Å². The van der Waals surface area contributed by atoms with Crippen LogP contribution in [0.3, 0.4) is 0 Å². The molecule has 2 unspecified atom stereocenters. The quantitative estimate of drug-likeness (QED) is 0.866. The Morgan fingerprint density at radius 3 is 3.35 bits per heavy atom. The molecule has 4 heteroatoms. The van der Waals surface area contributed by atoms with Crippen LogP contribution in [0.5, 0.6) is 0 Å². The van der Waals surface area contributed by atoms with E-state index in [9.17, 15) is 0 Å². The van der Waals surface area contributed by atoms with Gasteiger partial charge in [-0.2, -0.15) is 0 Å². The van der Waals surface area contributed by atoms with Crippen LogP contribution >= 0.6 is 11.3 Å². The van der Waals surface area contributed by atoms with Crippen LogP contribution in [-0.2, 0) is 11.2 Å². The van der Waals surface area contributed by atoms with E-state index in [-0.39, 0.29) is 0 Å². The smallest absolute Gasteiger partial charge is 0.0826 e. The van der Waals surface area contributed by atoms with Crippen LogP contribution < -0.4 is 5.32 Å². The van der Waals surface area contributed by atoms with Crippen LogP contribution in [0.4, 0.5) is 0 Å². The lowest BCUT2D eigenvalue weighted by molar-refractivity contribution is -0.00326. The molecule has 0 aliphatic carbocycles. The number of thiophene rings is 1. The van der Waals surface area contributed by atoms with Crippen molar-refractivity contribution in [1.29, 1.82) is 0 Å². The summed E-state index contributed by atoms with van der Waals surface area (Å²) in [5.41, 5.74) is 1.53. The van der Waals surface area contributed by atoms with Gasteiger partial charge in [-0.1, -0.05) is 0 Å².